The Bertz CT molecular complexity index is 702. The van der Waals surface area contributed by atoms with Crippen LogP contribution in [0.3, 0.4) is 0 Å². The highest BCUT2D eigenvalue weighted by Gasteiger charge is 2.16. The summed E-state index contributed by atoms with van der Waals surface area (Å²) in [7, 11) is 1.63. The zero-order valence-electron chi connectivity index (χ0n) is 11.4. The van der Waals surface area contributed by atoms with Gasteiger partial charge in [-0.3, -0.25) is 4.79 Å². The van der Waals surface area contributed by atoms with Gasteiger partial charge in [0.05, 0.1) is 11.3 Å². The van der Waals surface area contributed by atoms with Crippen molar-refractivity contribution in [2.45, 2.75) is 6.92 Å². The van der Waals surface area contributed by atoms with Crippen molar-refractivity contribution in [2.24, 2.45) is 0 Å². The summed E-state index contributed by atoms with van der Waals surface area (Å²) < 4.78 is 39.7. The van der Waals surface area contributed by atoms with E-state index in [1.807, 2.05) is 6.92 Å². The van der Waals surface area contributed by atoms with Crippen molar-refractivity contribution >= 4 is 17.3 Å². The molecule has 21 heavy (non-hydrogen) atoms. The zero-order valence-corrected chi connectivity index (χ0v) is 11.4. The lowest BCUT2D eigenvalue weighted by molar-refractivity contribution is 0.102. The maximum absolute atomic E-state index is 13.5. The van der Waals surface area contributed by atoms with E-state index in [1.165, 1.54) is 0 Å². The van der Waals surface area contributed by atoms with Gasteiger partial charge in [-0.25, -0.2) is 13.2 Å². The number of aryl methyl sites for hydroxylation is 1. The normalized spacial score (nSPS) is 10.3. The molecule has 6 heteroatoms. The number of amides is 1. The van der Waals surface area contributed by atoms with Crippen LogP contribution in [-0.2, 0) is 0 Å². The minimum Gasteiger partial charge on any atom is -0.387 e. The molecular weight excluding hydrogens is 281 g/mol. The quantitative estimate of drug-likeness (QED) is 0.847. The van der Waals surface area contributed by atoms with Crippen LogP contribution < -0.4 is 10.6 Å². The van der Waals surface area contributed by atoms with Gasteiger partial charge in [-0.15, -0.1) is 0 Å². The van der Waals surface area contributed by atoms with Crippen LogP contribution in [0.4, 0.5) is 24.5 Å². The SMILES string of the molecule is CNc1cc(C)ccc1C(=O)Nc1cc(F)cc(F)c1F. The highest BCUT2D eigenvalue weighted by molar-refractivity contribution is 6.08. The lowest BCUT2D eigenvalue weighted by atomic mass is 10.1. The fourth-order valence-corrected chi connectivity index (χ4v) is 1.90. The molecule has 0 fully saturated rings. The van der Waals surface area contributed by atoms with Crippen molar-refractivity contribution in [1.29, 1.82) is 0 Å². The Morgan fingerprint density at radius 1 is 1.05 bits per heavy atom. The van der Waals surface area contributed by atoms with E-state index < -0.39 is 29.0 Å². The van der Waals surface area contributed by atoms with Crippen LogP contribution in [0.2, 0.25) is 0 Å². The standard InChI is InChI=1S/C15H13F3N2O/c1-8-3-4-10(12(5-8)19-2)15(21)20-13-7-9(16)6-11(17)14(13)18/h3-7,19H,1-2H3,(H,20,21). The van der Waals surface area contributed by atoms with Crippen LogP contribution in [-0.4, -0.2) is 13.0 Å². The average molecular weight is 294 g/mol. The molecule has 0 saturated carbocycles. The van der Waals surface area contributed by atoms with Crippen LogP contribution >= 0.6 is 0 Å². The largest absolute Gasteiger partial charge is 0.387 e. The third kappa shape index (κ3) is 3.16. The van der Waals surface area contributed by atoms with Gasteiger partial charge in [0.1, 0.15) is 5.82 Å². The second kappa shape index (κ2) is 5.87. The van der Waals surface area contributed by atoms with Gasteiger partial charge in [0.25, 0.3) is 5.91 Å². The van der Waals surface area contributed by atoms with Crippen molar-refractivity contribution in [2.75, 3.05) is 17.7 Å². The number of carbonyl (C=O) groups is 1. The monoisotopic (exact) mass is 294 g/mol. The number of hydrogen-bond acceptors (Lipinski definition) is 2. The lowest BCUT2D eigenvalue weighted by Gasteiger charge is -2.11. The van der Waals surface area contributed by atoms with Crippen molar-refractivity contribution in [3.8, 4) is 0 Å². The first-order valence-corrected chi connectivity index (χ1v) is 6.16. The maximum atomic E-state index is 13.5. The fourth-order valence-electron chi connectivity index (χ4n) is 1.90. The second-order valence-corrected chi connectivity index (χ2v) is 4.50. The molecule has 0 unspecified atom stereocenters. The molecule has 1 amide bonds. The molecule has 0 radical (unpaired) electrons. The van der Waals surface area contributed by atoms with E-state index in [9.17, 15) is 18.0 Å². The summed E-state index contributed by atoms with van der Waals surface area (Å²) >= 11 is 0. The summed E-state index contributed by atoms with van der Waals surface area (Å²) in [4.78, 5) is 12.1. The molecule has 2 aromatic carbocycles. The molecule has 0 aromatic heterocycles. The Labute approximate surface area is 119 Å². The van der Waals surface area contributed by atoms with Gasteiger partial charge < -0.3 is 10.6 Å². The van der Waals surface area contributed by atoms with Gasteiger partial charge in [0.15, 0.2) is 11.6 Å². The zero-order chi connectivity index (χ0) is 15.6. The first-order chi connectivity index (χ1) is 9.92. The highest BCUT2D eigenvalue weighted by Crippen LogP contribution is 2.22. The molecule has 0 saturated heterocycles. The van der Waals surface area contributed by atoms with E-state index in [2.05, 4.69) is 10.6 Å². The first kappa shape index (κ1) is 14.9. The predicted molar refractivity (Wildman–Crippen MR) is 75.0 cm³/mol. The number of anilines is 2. The topological polar surface area (TPSA) is 41.1 Å². The van der Waals surface area contributed by atoms with Crippen LogP contribution in [0, 0.1) is 24.4 Å². The first-order valence-electron chi connectivity index (χ1n) is 6.16. The number of benzene rings is 2. The fraction of sp³-hybridized carbons (Fsp3) is 0.133. The molecule has 0 spiro atoms. The van der Waals surface area contributed by atoms with Gasteiger partial charge in [-0.05, 0) is 24.6 Å². The summed E-state index contributed by atoms with van der Waals surface area (Å²) in [5.74, 6) is -4.30. The molecular formula is C15H13F3N2O. The molecule has 0 aliphatic heterocycles. The number of carbonyl (C=O) groups excluding carboxylic acids is 1. The summed E-state index contributed by atoms with van der Waals surface area (Å²) in [5.41, 5.74) is 1.16. The number of halogens is 3. The van der Waals surface area contributed by atoms with E-state index in [0.717, 1.165) is 11.6 Å². The van der Waals surface area contributed by atoms with E-state index in [-0.39, 0.29) is 5.56 Å². The number of hydrogen-bond donors (Lipinski definition) is 2. The van der Waals surface area contributed by atoms with Crippen LogP contribution in [0.25, 0.3) is 0 Å². The van der Waals surface area contributed by atoms with Gasteiger partial charge in [0, 0.05) is 24.9 Å². The van der Waals surface area contributed by atoms with Crippen LogP contribution in [0.1, 0.15) is 15.9 Å². The molecule has 0 bridgehead atoms. The Kier molecular flexibility index (Phi) is 4.16. The smallest absolute Gasteiger partial charge is 0.257 e. The molecule has 0 atom stereocenters. The van der Waals surface area contributed by atoms with Crippen LogP contribution in [0.5, 0.6) is 0 Å². The number of rotatable bonds is 3. The minimum absolute atomic E-state index is 0.243. The van der Waals surface area contributed by atoms with E-state index >= 15 is 0 Å². The predicted octanol–water partition coefficient (Wildman–Crippen LogP) is 3.71. The third-order valence-electron chi connectivity index (χ3n) is 2.93. The second-order valence-electron chi connectivity index (χ2n) is 4.50. The maximum Gasteiger partial charge on any atom is 0.257 e. The third-order valence-corrected chi connectivity index (χ3v) is 2.93. The van der Waals surface area contributed by atoms with Gasteiger partial charge in [0.2, 0.25) is 0 Å². The Hall–Kier alpha value is -2.50. The van der Waals surface area contributed by atoms with Crippen molar-refractivity contribution < 1.29 is 18.0 Å². The molecule has 3 nitrogen and oxygen atoms in total. The van der Waals surface area contributed by atoms with Crippen molar-refractivity contribution in [3.05, 3.63) is 58.9 Å². The molecule has 0 aliphatic carbocycles. The van der Waals surface area contributed by atoms with Crippen molar-refractivity contribution in [1.82, 2.24) is 0 Å². The van der Waals surface area contributed by atoms with E-state index in [4.69, 9.17) is 0 Å². The van der Waals surface area contributed by atoms with Gasteiger partial charge in [-0.2, -0.15) is 0 Å². The molecule has 2 aromatic rings. The van der Waals surface area contributed by atoms with Crippen molar-refractivity contribution in [3.63, 3.8) is 0 Å². The Morgan fingerprint density at radius 2 is 1.76 bits per heavy atom. The molecule has 110 valence electrons. The van der Waals surface area contributed by atoms with Gasteiger partial charge in [-0.1, -0.05) is 6.07 Å². The molecule has 2 rings (SSSR count). The summed E-state index contributed by atoms with van der Waals surface area (Å²) in [6.07, 6.45) is 0. The molecule has 2 N–H and O–H groups in total. The average Bonchev–Trinajstić information content (AvgIpc) is 2.43. The van der Waals surface area contributed by atoms with E-state index in [0.29, 0.717) is 11.8 Å². The van der Waals surface area contributed by atoms with E-state index in [1.54, 1.807) is 25.2 Å². The van der Waals surface area contributed by atoms with Crippen LogP contribution in [0.15, 0.2) is 30.3 Å². The molecule has 0 aliphatic rings. The number of nitrogens with one attached hydrogen (secondary N) is 2. The Morgan fingerprint density at radius 3 is 2.43 bits per heavy atom. The summed E-state index contributed by atoms with van der Waals surface area (Å²) in [6.45, 7) is 1.85. The van der Waals surface area contributed by atoms with Gasteiger partial charge >= 0.3 is 0 Å². The Balaban J connectivity index is 2.35. The highest BCUT2D eigenvalue weighted by atomic mass is 19.2. The molecule has 0 heterocycles. The minimum atomic E-state index is -1.36. The summed E-state index contributed by atoms with van der Waals surface area (Å²) in [6, 6.07) is 6.12. The lowest BCUT2D eigenvalue weighted by Crippen LogP contribution is -2.15. The summed E-state index contributed by atoms with van der Waals surface area (Å²) in [5, 5.41) is 5.01.